The molecule has 0 aliphatic carbocycles. The van der Waals surface area contributed by atoms with Gasteiger partial charge in [-0.05, 0) is 12.1 Å². The summed E-state index contributed by atoms with van der Waals surface area (Å²) in [7, 11) is 1.72. The molecule has 0 atom stereocenters. The molecule has 2 N–H and O–H groups in total. The number of anilines is 1. The van der Waals surface area contributed by atoms with Crippen molar-refractivity contribution in [1.82, 2.24) is 30.0 Å². The van der Waals surface area contributed by atoms with E-state index in [-0.39, 0.29) is 0 Å². The normalized spacial score (nSPS) is 10.7. The van der Waals surface area contributed by atoms with E-state index < -0.39 is 0 Å². The van der Waals surface area contributed by atoms with Crippen LogP contribution in [0.25, 0.3) is 0 Å². The van der Waals surface area contributed by atoms with Gasteiger partial charge in [-0.2, -0.15) is 9.90 Å². The van der Waals surface area contributed by atoms with Gasteiger partial charge in [0, 0.05) is 6.20 Å². The first-order chi connectivity index (χ1) is 6.65. The zero-order chi connectivity index (χ0) is 10.1. The van der Waals surface area contributed by atoms with Gasteiger partial charge in [-0.15, -0.1) is 10.2 Å². The van der Waals surface area contributed by atoms with Crippen LogP contribution in [0.1, 0.15) is 11.5 Å². The molecule has 0 bridgehead atoms. The van der Waals surface area contributed by atoms with E-state index in [9.17, 15) is 0 Å². The van der Waals surface area contributed by atoms with Crippen LogP contribution in [0.15, 0.2) is 6.20 Å². The maximum Gasteiger partial charge on any atom is 0.196 e. The zero-order valence-corrected chi connectivity index (χ0v) is 8.05. The number of rotatable bonds is 2. The van der Waals surface area contributed by atoms with Crippen molar-refractivity contribution in [2.45, 2.75) is 13.5 Å². The fourth-order valence-corrected chi connectivity index (χ4v) is 1.15. The monoisotopic (exact) mass is 193 g/mol. The van der Waals surface area contributed by atoms with Gasteiger partial charge in [0.25, 0.3) is 0 Å². The van der Waals surface area contributed by atoms with Gasteiger partial charge in [-0.25, -0.2) is 0 Å². The molecule has 0 saturated carbocycles. The minimum absolute atomic E-state index is 0.492. The van der Waals surface area contributed by atoms with Crippen LogP contribution >= 0.6 is 0 Å². The second kappa shape index (κ2) is 3.09. The van der Waals surface area contributed by atoms with Crippen molar-refractivity contribution in [2.75, 3.05) is 5.73 Å². The molecule has 2 heterocycles. The zero-order valence-electron chi connectivity index (χ0n) is 8.05. The van der Waals surface area contributed by atoms with Gasteiger partial charge in [0.15, 0.2) is 5.82 Å². The van der Waals surface area contributed by atoms with E-state index in [1.807, 2.05) is 6.92 Å². The summed E-state index contributed by atoms with van der Waals surface area (Å²) in [4.78, 5) is 1.41. The van der Waals surface area contributed by atoms with E-state index >= 15 is 0 Å². The maximum absolute atomic E-state index is 5.65. The van der Waals surface area contributed by atoms with Crippen LogP contribution in [0.5, 0.6) is 0 Å². The van der Waals surface area contributed by atoms with Gasteiger partial charge in [0.05, 0.1) is 18.4 Å². The largest absolute Gasteiger partial charge is 0.396 e. The lowest BCUT2D eigenvalue weighted by atomic mass is 10.4. The highest BCUT2D eigenvalue weighted by atomic mass is 15.6. The summed E-state index contributed by atoms with van der Waals surface area (Å²) in [5.41, 5.74) is 7.14. The third-order valence-electron chi connectivity index (χ3n) is 1.84. The SMILES string of the molecule is Cc1nn(Cc2nnn(C)n2)cc1N. The minimum atomic E-state index is 0.492. The Labute approximate surface area is 80.5 Å². The predicted octanol–water partition coefficient (Wildman–Crippen LogP) is -0.654. The van der Waals surface area contributed by atoms with Gasteiger partial charge >= 0.3 is 0 Å². The summed E-state index contributed by atoms with van der Waals surface area (Å²) >= 11 is 0. The molecule has 0 aliphatic rings. The van der Waals surface area contributed by atoms with Crippen LogP contribution in [0.3, 0.4) is 0 Å². The highest BCUT2D eigenvalue weighted by Crippen LogP contribution is 2.07. The van der Waals surface area contributed by atoms with Crippen molar-refractivity contribution < 1.29 is 0 Å². The summed E-state index contributed by atoms with van der Waals surface area (Å²) in [6.07, 6.45) is 1.76. The fourth-order valence-electron chi connectivity index (χ4n) is 1.15. The van der Waals surface area contributed by atoms with E-state index in [0.717, 1.165) is 5.69 Å². The molecule has 0 amide bonds. The van der Waals surface area contributed by atoms with Gasteiger partial charge in [0.2, 0.25) is 0 Å². The van der Waals surface area contributed by atoms with Crippen molar-refractivity contribution in [3.8, 4) is 0 Å². The van der Waals surface area contributed by atoms with Crippen molar-refractivity contribution in [2.24, 2.45) is 7.05 Å². The maximum atomic E-state index is 5.65. The van der Waals surface area contributed by atoms with Crippen molar-refractivity contribution in [1.29, 1.82) is 0 Å². The van der Waals surface area contributed by atoms with Gasteiger partial charge in [-0.1, -0.05) is 0 Å². The lowest BCUT2D eigenvalue weighted by molar-refractivity contribution is 0.616. The second-order valence-electron chi connectivity index (χ2n) is 3.06. The number of hydrogen-bond donors (Lipinski definition) is 1. The molecule has 7 nitrogen and oxygen atoms in total. The quantitative estimate of drug-likeness (QED) is 0.684. The summed E-state index contributed by atoms with van der Waals surface area (Å²) in [6, 6.07) is 0. The summed E-state index contributed by atoms with van der Waals surface area (Å²) < 4.78 is 1.70. The third kappa shape index (κ3) is 1.56. The number of aromatic nitrogens is 6. The first-order valence-electron chi connectivity index (χ1n) is 4.17. The smallest absolute Gasteiger partial charge is 0.196 e. The van der Waals surface area contributed by atoms with E-state index in [1.165, 1.54) is 4.80 Å². The van der Waals surface area contributed by atoms with Gasteiger partial charge in [0.1, 0.15) is 6.54 Å². The Kier molecular flexibility index (Phi) is 1.91. The molecule has 2 aromatic heterocycles. The van der Waals surface area contributed by atoms with E-state index in [0.29, 0.717) is 18.1 Å². The fraction of sp³-hybridized carbons (Fsp3) is 0.429. The summed E-state index contributed by atoms with van der Waals surface area (Å²) in [6.45, 7) is 2.35. The molecule has 0 spiro atoms. The molecule has 0 aliphatic heterocycles. The Hall–Kier alpha value is -1.92. The van der Waals surface area contributed by atoms with Crippen LogP contribution in [-0.2, 0) is 13.6 Å². The average Bonchev–Trinajstić information content (AvgIpc) is 2.62. The molecular formula is C7H11N7. The van der Waals surface area contributed by atoms with Crippen LogP contribution in [0.2, 0.25) is 0 Å². The molecule has 2 rings (SSSR count). The third-order valence-corrected chi connectivity index (χ3v) is 1.84. The molecule has 7 heteroatoms. The molecule has 0 fully saturated rings. The van der Waals surface area contributed by atoms with Crippen molar-refractivity contribution in [3.63, 3.8) is 0 Å². The first-order valence-corrected chi connectivity index (χ1v) is 4.17. The molecule has 74 valence electrons. The van der Waals surface area contributed by atoms with Crippen LogP contribution in [0.4, 0.5) is 5.69 Å². The van der Waals surface area contributed by atoms with E-state index in [4.69, 9.17) is 5.73 Å². The Bertz CT molecular complexity index is 421. The number of nitrogens with zero attached hydrogens (tertiary/aromatic N) is 6. The lowest BCUT2D eigenvalue weighted by Gasteiger charge is -1.93. The first kappa shape index (κ1) is 8.67. The van der Waals surface area contributed by atoms with Crippen molar-refractivity contribution >= 4 is 5.69 Å². The lowest BCUT2D eigenvalue weighted by Crippen LogP contribution is -2.03. The van der Waals surface area contributed by atoms with Crippen LogP contribution in [-0.4, -0.2) is 30.0 Å². The average molecular weight is 193 g/mol. The molecule has 0 saturated heterocycles. The highest BCUT2D eigenvalue weighted by Gasteiger charge is 2.04. The number of aryl methyl sites for hydroxylation is 2. The molecule has 0 radical (unpaired) electrons. The topological polar surface area (TPSA) is 87.4 Å². The highest BCUT2D eigenvalue weighted by molar-refractivity contribution is 5.39. The van der Waals surface area contributed by atoms with E-state index in [1.54, 1.807) is 17.9 Å². The molecule has 0 aromatic carbocycles. The Morgan fingerprint density at radius 3 is 2.71 bits per heavy atom. The van der Waals surface area contributed by atoms with E-state index in [2.05, 4.69) is 20.5 Å². The number of nitrogens with two attached hydrogens (primary N) is 1. The molecule has 14 heavy (non-hydrogen) atoms. The molecule has 2 aromatic rings. The van der Waals surface area contributed by atoms with Crippen LogP contribution in [0, 0.1) is 6.92 Å². The number of tetrazole rings is 1. The minimum Gasteiger partial charge on any atom is -0.396 e. The van der Waals surface area contributed by atoms with Crippen molar-refractivity contribution in [3.05, 3.63) is 17.7 Å². The Morgan fingerprint density at radius 1 is 1.43 bits per heavy atom. The standard InChI is InChI=1S/C7H11N7/c1-5-6(8)3-14(10-5)4-7-9-12-13(2)11-7/h3H,4,8H2,1-2H3. The number of hydrogen-bond acceptors (Lipinski definition) is 5. The molecule has 0 unspecified atom stereocenters. The van der Waals surface area contributed by atoms with Crippen LogP contribution < -0.4 is 5.73 Å². The second-order valence-corrected chi connectivity index (χ2v) is 3.06. The summed E-state index contributed by atoms with van der Waals surface area (Å²) in [5, 5.41) is 15.8. The predicted molar refractivity (Wildman–Crippen MR) is 49.3 cm³/mol. The van der Waals surface area contributed by atoms with Gasteiger partial charge < -0.3 is 5.73 Å². The summed E-state index contributed by atoms with van der Waals surface area (Å²) in [5.74, 6) is 0.620. The van der Waals surface area contributed by atoms with Gasteiger partial charge in [-0.3, -0.25) is 4.68 Å². The Balaban J connectivity index is 2.18. The number of nitrogen functional groups attached to an aromatic ring is 1. The Morgan fingerprint density at radius 2 is 2.21 bits per heavy atom. The molecular weight excluding hydrogens is 182 g/mol.